The maximum atomic E-state index is 12.3. The number of hydrogen-bond acceptors (Lipinski definition) is 2. The van der Waals surface area contributed by atoms with E-state index in [9.17, 15) is 22.4 Å². The van der Waals surface area contributed by atoms with Gasteiger partial charge in [-0.05, 0) is 6.92 Å². The molecule has 12 heavy (non-hydrogen) atoms. The summed E-state index contributed by atoms with van der Waals surface area (Å²) in [5.41, 5.74) is 0. The smallest absolute Gasteiger partial charge is 0.397 e. The zero-order valence-corrected chi connectivity index (χ0v) is 5.89. The zero-order chi connectivity index (χ0) is 10.2. The van der Waals surface area contributed by atoms with E-state index in [4.69, 9.17) is 10.2 Å². The van der Waals surface area contributed by atoms with Crippen molar-refractivity contribution in [3.8, 4) is 0 Å². The maximum absolute atomic E-state index is 12.3. The van der Waals surface area contributed by atoms with Crippen LogP contribution in [-0.4, -0.2) is 28.2 Å². The highest BCUT2D eigenvalue weighted by atomic mass is 19.4. The minimum Gasteiger partial charge on any atom is -0.477 e. The molecule has 0 saturated carbocycles. The van der Waals surface area contributed by atoms with Crippen molar-refractivity contribution in [2.75, 3.05) is 0 Å². The maximum Gasteiger partial charge on any atom is 0.397 e. The molecule has 0 saturated heterocycles. The number of halogens is 4. The molecule has 0 spiro atoms. The van der Waals surface area contributed by atoms with Crippen molar-refractivity contribution in [2.45, 2.75) is 19.0 Å². The van der Waals surface area contributed by atoms with Crippen LogP contribution in [0, 0.1) is 5.92 Å². The van der Waals surface area contributed by atoms with E-state index < -0.39 is 23.9 Å². The second kappa shape index (κ2) is 2.89. The molecule has 0 aliphatic heterocycles. The molecule has 0 rings (SSSR count). The van der Waals surface area contributed by atoms with Crippen LogP contribution in [0.1, 0.15) is 6.92 Å². The molecule has 2 unspecified atom stereocenters. The van der Waals surface area contributed by atoms with Gasteiger partial charge >= 0.3 is 18.0 Å². The molecule has 0 aliphatic rings. The molecule has 0 heterocycles. The summed E-state index contributed by atoms with van der Waals surface area (Å²) in [5.74, 6) is -9.77. The molecule has 0 bridgehead atoms. The van der Waals surface area contributed by atoms with Crippen LogP contribution >= 0.6 is 0 Å². The van der Waals surface area contributed by atoms with Crippen LogP contribution in [0.2, 0.25) is 0 Å². The quantitative estimate of drug-likeness (QED) is 0.636. The Hall–Kier alpha value is -0.850. The van der Waals surface area contributed by atoms with Crippen molar-refractivity contribution in [1.82, 2.24) is 0 Å². The van der Waals surface area contributed by atoms with E-state index in [1.54, 1.807) is 0 Å². The van der Waals surface area contributed by atoms with Crippen LogP contribution < -0.4 is 0 Å². The first-order valence-corrected chi connectivity index (χ1v) is 2.81. The predicted molar refractivity (Wildman–Crippen MR) is 28.9 cm³/mol. The minimum atomic E-state index is -5.08. The van der Waals surface area contributed by atoms with Gasteiger partial charge < -0.3 is 10.2 Å². The predicted octanol–water partition coefficient (Wildman–Crippen LogP) is 0.928. The molecule has 0 fully saturated rings. The Kier molecular flexibility index (Phi) is 2.68. The number of aliphatic carboxylic acids is 1. The van der Waals surface area contributed by atoms with Gasteiger partial charge in [0.2, 0.25) is 0 Å². The molecule has 3 nitrogen and oxygen atoms in total. The molecular weight excluding hydrogens is 184 g/mol. The van der Waals surface area contributed by atoms with Crippen molar-refractivity contribution in [1.29, 1.82) is 0 Å². The van der Waals surface area contributed by atoms with Crippen LogP contribution in [0.4, 0.5) is 17.6 Å². The molecule has 0 aliphatic carbocycles. The van der Waals surface area contributed by atoms with Gasteiger partial charge in [-0.1, -0.05) is 0 Å². The Balaban J connectivity index is 4.69. The molecule has 0 aromatic heterocycles. The second-order valence-corrected chi connectivity index (χ2v) is 2.24. The van der Waals surface area contributed by atoms with Crippen molar-refractivity contribution in [3.63, 3.8) is 0 Å². The number of carboxylic acids is 1. The number of carbonyl (C=O) groups is 1. The Morgan fingerprint density at radius 3 is 1.75 bits per heavy atom. The highest BCUT2D eigenvalue weighted by Gasteiger charge is 2.55. The second-order valence-electron chi connectivity index (χ2n) is 2.24. The lowest BCUT2D eigenvalue weighted by Crippen LogP contribution is -2.46. The fourth-order valence-corrected chi connectivity index (χ4v) is 0.402. The SMILES string of the molecule is CC(C(F)(F)F)C(O)(F)C(=O)O. The number of rotatable bonds is 2. The van der Waals surface area contributed by atoms with E-state index in [0.717, 1.165) is 0 Å². The molecule has 72 valence electrons. The monoisotopic (exact) mass is 190 g/mol. The molecule has 0 amide bonds. The number of alkyl halides is 4. The van der Waals surface area contributed by atoms with Crippen molar-refractivity contribution >= 4 is 5.97 Å². The molecule has 0 aromatic carbocycles. The standard InChI is InChI=1S/C5H6F4O3/c1-2(5(7,8)9)4(6,12)3(10)11/h2,12H,1H3,(H,10,11). The van der Waals surface area contributed by atoms with Gasteiger partial charge in [-0.15, -0.1) is 0 Å². The summed E-state index contributed by atoms with van der Waals surface area (Å²) in [6, 6.07) is 0. The number of aliphatic hydroxyl groups is 1. The molecule has 2 atom stereocenters. The molecule has 2 N–H and O–H groups in total. The van der Waals surface area contributed by atoms with Gasteiger partial charge in [-0.25, -0.2) is 4.79 Å². The fraction of sp³-hybridized carbons (Fsp3) is 0.800. The van der Waals surface area contributed by atoms with Crippen LogP contribution in [0.3, 0.4) is 0 Å². The largest absolute Gasteiger partial charge is 0.477 e. The summed E-state index contributed by atoms with van der Waals surface area (Å²) in [4.78, 5) is 9.78. The number of carboxylic acid groups (broad SMARTS) is 1. The van der Waals surface area contributed by atoms with E-state index in [-0.39, 0.29) is 6.92 Å². The topological polar surface area (TPSA) is 57.5 Å². The lowest BCUT2D eigenvalue weighted by molar-refractivity contribution is -0.259. The Morgan fingerprint density at radius 1 is 1.33 bits per heavy atom. The third kappa shape index (κ3) is 2.07. The van der Waals surface area contributed by atoms with Crippen LogP contribution in [-0.2, 0) is 4.79 Å². The third-order valence-corrected chi connectivity index (χ3v) is 1.36. The third-order valence-electron chi connectivity index (χ3n) is 1.36. The zero-order valence-electron chi connectivity index (χ0n) is 5.89. The summed E-state index contributed by atoms with van der Waals surface area (Å²) in [5, 5.41) is 16.1. The molecule has 0 radical (unpaired) electrons. The lowest BCUT2D eigenvalue weighted by atomic mass is 10.0. The summed E-state index contributed by atoms with van der Waals surface area (Å²) in [6.07, 6.45) is -5.08. The number of hydrogen-bond donors (Lipinski definition) is 2. The first-order chi connectivity index (χ1) is 5.10. The molecule has 0 aromatic rings. The summed E-state index contributed by atoms with van der Waals surface area (Å²) >= 11 is 0. The normalized spacial score (nSPS) is 19.8. The van der Waals surface area contributed by atoms with Gasteiger partial charge in [-0.2, -0.15) is 17.6 Å². The first kappa shape index (κ1) is 11.2. The van der Waals surface area contributed by atoms with Crippen molar-refractivity contribution < 1.29 is 32.6 Å². The van der Waals surface area contributed by atoms with Gasteiger partial charge in [0, 0.05) is 0 Å². The highest BCUT2D eigenvalue weighted by Crippen LogP contribution is 2.35. The van der Waals surface area contributed by atoms with Crippen molar-refractivity contribution in [3.05, 3.63) is 0 Å². The lowest BCUT2D eigenvalue weighted by Gasteiger charge is -2.23. The van der Waals surface area contributed by atoms with E-state index in [1.807, 2.05) is 0 Å². The Bertz CT molecular complexity index is 186. The first-order valence-electron chi connectivity index (χ1n) is 2.81. The Labute approximate surface area is 64.6 Å². The van der Waals surface area contributed by atoms with Gasteiger partial charge in [0.1, 0.15) is 5.92 Å². The van der Waals surface area contributed by atoms with E-state index in [1.165, 1.54) is 0 Å². The molecular formula is C5H6F4O3. The van der Waals surface area contributed by atoms with Gasteiger partial charge in [0.15, 0.2) is 0 Å². The van der Waals surface area contributed by atoms with E-state index in [0.29, 0.717) is 0 Å². The molecule has 7 heteroatoms. The van der Waals surface area contributed by atoms with E-state index in [2.05, 4.69) is 0 Å². The van der Waals surface area contributed by atoms with Crippen molar-refractivity contribution in [2.24, 2.45) is 5.92 Å². The minimum absolute atomic E-state index is 0.244. The summed E-state index contributed by atoms with van der Waals surface area (Å²) < 4.78 is 47.3. The Morgan fingerprint density at radius 2 is 1.67 bits per heavy atom. The average Bonchev–Trinajstić information content (AvgIpc) is 1.83. The fourth-order valence-electron chi connectivity index (χ4n) is 0.402. The van der Waals surface area contributed by atoms with Crippen LogP contribution in [0.5, 0.6) is 0 Å². The van der Waals surface area contributed by atoms with Crippen LogP contribution in [0.15, 0.2) is 0 Å². The van der Waals surface area contributed by atoms with Crippen LogP contribution in [0.25, 0.3) is 0 Å². The average molecular weight is 190 g/mol. The van der Waals surface area contributed by atoms with Gasteiger partial charge in [-0.3, -0.25) is 0 Å². The summed E-state index contributed by atoms with van der Waals surface area (Å²) in [7, 11) is 0. The van der Waals surface area contributed by atoms with Gasteiger partial charge in [0.05, 0.1) is 0 Å². The van der Waals surface area contributed by atoms with E-state index >= 15 is 0 Å². The summed E-state index contributed by atoms with van der Waals surface area (Å²) in [6.45, 7) is 0.244. The van der Waals surface area contributed by atoms with Gasteiger partial charge in [0.25, 0.3) is 0 Å². The highest BCUT2D eigenvalue weighted by molar-refractivity contribution is 5.75.